The molecule has 1 heterocycles. The Hall–Kier alpha value is -3.60. The van der Waals surface area contributed by atoms with E-state index in [2.05, 4.69) is 24.7 Å². The summed E-state index contributed by atoms with van der Waals surface area (Å²) in [6, 6.07) is 12.3. The third-order valence-electron chi connectivity index (χ3n) is 4.91. The average Bonchev–Trinajstić information content (AvgIpc) is 2.82. The van der Waals surface area contributed by atoms with Crippen LogP contribution in [0.2, 0.25) is 0 Å². The van der Waals surface area contributed by atoms with Gasteiger partial charge in [0.1, 0.15) is 11.5 Å². The van der Waals surface area contributed by atoms with Crippen LogP contribution in [0.1, 0.15) is 13.3 Å². The third-order valence-corrected chi connectivity index (χ3v) is 6.18. The number of nitrogens with one attached hydrogen (secondary N) is 2. The van der Waals surface area contributed by atoms with Gasteiger partial charge in [-0.05, 0) is 30.7 Å². The lowest BCUT2D eigenvalue weighted by Crippen LogP contribution is -2.23. The first-order chi connectivity index (χ1) is 15.8. The number of aromatic nitrogens is 2. The van der Waals surface area contributed by atoms with Gasteiger partial charge in [-0.25, -0.2) is 18.4 Å². The molecule has 11 heteroatoms. The molecule has 1 unspecified atom stereocenters. The van der Waals surface area contributed by atoms with Gasteiger partial charge in [-0.1, -0.05) is 19.1 Å². The first-order valence-electron chi connectivity index (χ1n) is 10.1. The van der Waals surface area contributed by atoms with Crippen LogP contribution in [-0.2, 0) is 19.6 Å². The highest BCUT2D eigenvalue weighted by atomic mass is 32.2. The smallest absolute Gasteiger partial charge is 0.308 e. The number of carbonyl (C=O) groups is 1. The number of hydrogen-bond acceptors (Lipinski definition) is 9. The number of benzene rings is 2. The molecule has 3 aromatic rings. The van der Waals surface area contributed by atoms with E-state index in [0.717, 1.165) is 0 Å². The molecule has 0 radical (unpaired) electrons. The molecule has 0 amide bonds. The van der Waals surface area contributed by atoms with E-state index in [4.69, 9.17) is 9.47 Å². The number of carbonyl (C=O) groups excluding carboxylic acids is 1. The van der Waals surface area contributed by atoms with Gasteiger partial charge in [0.05, 0.1) is 49.7 Å². The van der Waals surface area contributed by atoms with Crippen LogP contribution >= 0.6 is 0 Å². The highest BCUT2D eigenvalue weighted by Gasteiger charge is 2.21. The quantitative estimate of drug-likeness (QED) is 0.425. The number of hydrogen-bond donors (Lipinski definition) is 2. The summed E-state index contributed by atoms with van der Waals surface area (Å²) < 4.78 is 43.4. The number of methoxy groups -OCH3 is 3. The summed E-state index contributed by atoms with van der Waals surface area (Å²) in [5.74, 6) is -0.0395. The van der Waals surface area contributed by atoms with Crippen LogP contribution in [0, 0.1) is 5.92 Å². The van der Waals surface area contributed by atoms with Crippen molar-refractivity contribution in [3.63, 3.8) is 0 Å². The molecule has 1 aromatic heterocycles. The van der Waals surface area contributed by atoms with Gasteiger partial charge in [0.15, 0.2) is 11.6 Å². The number of fused-ring (bicyclic) bond motifs is 1. The maximum atomic E-state index is 12.8. The van der Waals surface area contributed by atoms with E-state index >= 15 is 0 Å². The van der Waals surface area contributed by atoms with Crippen LogP contribution in [0.4, 0.5) is 17.3 Å². The molecule has 2 aromatic carbocycles. The van der Waals surface area contributed by atoms with Crippen molar-refractivity contribution in [1.29, 1.82) is 0 Å². The third kappa shape index (κ3) is 6.01. The highest BCUT2D eigenvalue weighted by molar-refractivity contribution is 7.92. The highest BCUT2D eigenvalue weighted by Crippen LogP contribution is 2.33. The zero-order valence-corrected chi connectivity index (χ0v) is 19.6. The van der Waals surface area contributed by atoms with Crippen LogP contribution in [0.25, 0.3) is 11.0 Å². The minimum atomic E-state index is -3.84. The normalized spacial score (nSPS) is 12.1. The first-order valence-corrected chi connectivity index (χ1v) is 11.8. The van der Waals surface area contributed by atoms with Gasteiger partial charge >= 0.3 is 5.97 Å². The van der Waals surface area contributed by atoms with Crippen molar-refractivity contribution in [2.24, 2.45) is 5.92 Å². The van der Waals surface area contributed by atoms with Gasteiger partial charge < -0.3 is 19.5 Å². The lowest BCUT2D eigenvalue weighted by Gasteiger charge is -2.16. The minimum Gasteiger partial charge on any atom is -0.497 e. The molecule has 0 spiro atoms. The molecule has 176 valence electrons. The van der Waals surface area contributed by atoms with Gasteiger partial charge in [-0.2, -0.15) is 0 Å². The van der Waals surface area contributed by atoms with Gasteiger partial charge in [-0.3, -0.25) is 9.52 Å². The van der Waals surface area contributed by atoms with E-state index < -0.39 is 21.9 Å². The maximum absolute atomic E-state index is 12.8. The first kappa shape index (κ1) is 24.1. The van der Waals surface area contributed by atoms with E-state index in [9.17, 15) is 13.2 Å². The van der Waals surface area contributed by atoms with Crippen LogP contribution in [-0.4, -0.2) is 51.4 Å². The second-order valence-corrected chi connectivity index (χ2v) is 9.08. The summed E-state index contributed by atoms with van der Waals surface area (Å²) in [4.78, 5) is 20.6. The van der Waals surface area contributed by atoms with E-state index in [0.29, 0.717) is 28.2 Å². The molecule has 0 aliphatic rings. The fraction of sp³-hybridized carbons (Fsp3) is 0.318. The molecule has 3 rings (SSSR count). The summed E-state index contributed by atoms with van der Waals surface area (Å²) in [6.07, 6.45) is 0.0927. The maximum Gasteiger partial charge on any atom is 0.308 e. The number of ether oxygens (including phenoxy) is 3. The molecule has 0 bridgehead atoms. The molecule has 0 aliphatic heterocycles. The molecular formula is C22H26N4O6S. The lowest BCUT2D eigenvalue weighted by molar-refractivity contribution is -0.144. The van der Waals surface area contributed by atoms with Gasteiger partial charge in [0.25, 0.3) is 0 Å². The number of rotatable bonds is 10. The van der Waals surface area contributed by atoms with Gasteiger partial charge in [0, 0.05) is 6.07 Å². The van der Waals surface area contributed by atoms with Crippen LogP contribution in [0.5, 0.6) is 11.5 Å². The zero-order chi connectivity index (χ0) is 24.0. The van der Waals surface area contributed by atoms with E-state index in [1.54, 1.807) is 43.3 Å². The summed E-state index contributed by atoms with van der Waals surface area (Å²) in [6.45, 7) is 1.61. The van der Waals surface area contributed by atoms with E-state index in [1.807, 2.05) is 6.07 Å². The summed E-state index contributed by atoms with van der Waals surface area (Å²) >= 11 is 0. The molecule has 0 saturated heterocycles. The van der Waals surface area contributed by atoms with Gasteiger partial charge in [-0.15, -0.1) is 0 Å². The second-order valence-electron chi connectivity index (χ2n) is 7.23. The average molecular weight is 475 g/mol. The molecule has 33 heavy (non-hydrogen) atoms. The van der Waals surface area contributed by atoms with E-state index in [-0.39, 0.29) is 23.8 Å². The monoisotopic (exact) mass is 474 g/mol. The molecule has 0 saturated carbocycles. The van der Waals surface area contributed by atoms with Crippen molar-refractivity contribution < 1.29 is 27.4 Å². The second kappa shape index (κ2) is 10.3. The minimum absolute atomic E-state index is 0.0179. The molecule has 10 nitrogen and oxygen atoms in total. The van der Waals surface area contributed by atoms with Crippen LogP contribution in [0.3, 0.4) is 0 Å². The Labute approximate surface area is 192 Å². The van der Waals surface area contributed by atoms with Gasteiger partial charge in [0.2, 0.25) is 10.0 Å². The van der Waals surface area contributed by atoms with Crippen molar-refractivity contribution in [2.75, 3.05) is 37.1 Å². The predicted octanol–water partition coefficient (Wildman–Crippen LogP) is 3.33. The zero-order valence-electron chi connectivity index (χ0n) is 18.8. The lowest BCUT2D eigenvalue weighted by atomic mass is 10.1. The SMILES string of the molecule is COC(=O)C(C)CCS(=O)(=O)Nc1nc2ccccc2nc1Nc1cc(OC)ccc1OC. The standard InChI is InChI=1S/C22H26N4O6S/c1-14(22(27)32-4)11-12-33(28,29)26-21-20(23-16-7-5-6-8-17(16)24-21)25-18-13-15(30-2)9-10-19(18)31-3/h5-10,13-14H,11-12H2,1-4H3,(H,23,25)(H,24,26). The topological polar surface area (TPSA) is 129 Å². The summed E-state index contributed by atoms with van der Waals surface area (Å²) in [7, 11) is 0.482. The Morgan fingerprint density at radius 1 is 1.00 bits per heavy atom. The van der Waals surface area contributed by atoms with Crippen molar-refractivity contribution in [3.8, 4) is 11.5 Å². The van der Waals surface area contributed by atoms with Crippen molar-refractivity contribution >= 4 is 44.3 Å². The fourth-order valence-corrected chi connectivity index (χ4v) is 4.25. The Morgan fingerprint density at radius 3 is 2.27 bits per heavy atom. The van der Waals surface area contributed by atoms with Crippen molar-refractivity contribution in [3.05, 3.63) is 42.5 Å². The predicted molar refractivity (Wildman–Crippen MR) is 126 cm³/mol. The summed E-state index contributed by atoms with van der Waals surface area (Å²) in [5, 5.41) is 3.09. The number of sulfonamides is 1. The molecule has 1 atom stereocenters. The number of anilines is 3. The Morgan fingerprint density at radius 2 is 1.67 bits per heavy atom. The number of nitrogens with zero attached hydrogens (tertiary/aromatic N) is 2. The fourth-order valence-electron chi connectivity index (χ4n) is 3.05. The molecular weight excluding hydrogens is 448 g/mol. The van der Waals surface area contributed by atoms with Crippen molar-refractivity contribution in [1.82, 2.24) is 9.97 Å². The van der Waals surface area contributed by atoms with Crippen LogP contribution in [0.15, 0.2) is 42.5 Å². The summed E-state index contributed by atoms with van der Waals surface area (Å²) in [5.41, 5.74) is 1.60. The molecule has 0 aliphatic carbocycles. The van der Waals surface area contributed by atoms with Crippen LogP contribution < -0.4 is 19.5 Å². The number of esters is 1. The molecule has 2 N–H and O–H groups in total. The van der Waals surface area contributed by atoms with E-state index in [1.165, 1.54) is 21.3 Å². The Bertz CT molecular complexity index is 1250. The molecule has 0 fully saturated rings. The van der Waals surface area contributed by atoms with Crippen molar-refractivity contribution in [2.45, 2.75) is 13.3 Å². The number of para-hydroxylation sites is 2. The largest absolute Gasteiger partial charge is 0.497 e. The Balaban J connectivity index is 1.96. The Kier molecular flexibility index (Phi) is 7.54.